The van der Waals surface area contributed by atoms with Gasteiger partial charge in [-0.05, 0) is 49.9 Å². The van der Waals surface area contributed by atoms with Crippen molar-refractivity contribution < 1.29 is 57.1 Å². The molecule has 1 aliphatic heterocycles. The van der Waals surface area contributed by atoms with Gasteiger partial charge < -0.3 is 37.9 Å². The number of benzene rings is 2. The van der Waals surface area contributed by atoms with E-state index in [0.717, 1.165) is 77.0 Å². The van der Waals surface area contributed by atoms with Crippen LogP contribution in [-0.2, 0) is 38.0 Å². The molecule has 1 fully saturated rings. The van der Waals surface area contributed by atoms with Crippen molar-refractivity contribution in [2.75, 3.05) is 39.6 Å². The van der Waals surface area contributed by atoms with Crippen LogP contribution >= 0.6 is 0 Å². The van der Waals surface area contributed by atoms with Crippen LogP contribution in [-0.4, -0.2) is 96.0 Å². The molecule has 2 aromatic carbocycles. The largest absolute Gasteiger partial charge is 0.490 e. The van der Waals surface area contributed by atoms with Gasteiger partial charge in [0.25, 0.3) is 12.6 Å². The lowest BCUT2D eigenvalue weighted by atomic mass is 10.1. The highest BCUT2D eigenvalue weighted by Gasteiger charge is 2.34. The highest BCUT2D eigenvalue weighted by Crippen LogP contribution is 2.23. The third-order valence-corrected chi connectivity index (χ3v) is 11.3. The van der Waals surface area contributed by atoms with Crippen LogP contribution in [0.1, 0.15) is 136 Å². The molecule has 16 heteroatoms. The summed E-state index contributed by atoms with van der Waals surface area (Å²) in [4.78, 5) is 66.2. The van der Waals surface area contributed by atoms with E-state index >= 15 is 0 Å². The molecule has 1 saturated heterocycles. The van der Waals surface area contributed by atoms with Crippen molar-refractivity contribution in [1.29, 1.82) is 0 Å². The van der Waals surface area contributed by atoms with E-state index in [1.807, 2.05) is 0 Å². The minimum absolute atomic E-state index is 0.143. The molecule has 2 aromatic heterocycles. The lowest BCUT2D eigenvalue weighted by Gasteiger charge is -2.30. The molecule has 1 aliphatic rings. The van der Waals surface area contributed by atoms with E-state index in [-0.39, 0.29) is 36.3 Å². The van der Waals surface area contributed by atoms with E-state index in [1.54, 1.807) is 73.3 Å². The molecule has 0 amide bonds. The van der Waals surface area contributed by atoms with Crippen molar-refractivity contribution in [2.24, 2.45) is 0 Å². The van der Waals surface area contributed by atoms with Gasteiger partial charge in [0.2, 0.25) is 0 Å². The fourth-order valence-corrected chi connectivity index (χ4v) is 7.33. The third-order valence-electron chi connectivity index (χ3n) is 11.3. The van der Waals surface area contributed by atoms with Gasteiger partial charge in [-0.15, -0.1) is 0 Å². The van der Waals surface area contributed by atoms with Crippen molar-refractivity contribution in [3.63, 3.8) is 0 Å². The van der Waals surface area contributed by atoms with Crippen LogP contribution in [0, 0.1) is 0 Å². The molecule has 2 atom stereocenters. The molecule has 3 heterocycles. The number of aromatic nitrogens is 4. The Kier molecular flexibility index (Phi) is 25.1. The van der Waals surface area contributed by atoms with Crippen LogP contribution in [0.15, 0.2) is 98.6 Å². The van der Waals surface area contributed by atoms with Gasteiger partial charge in [0, 0.05) is 23.3 Å². The van der Waals surface area contributed by atoms with Crippen LogP contribution < -0.4 is 9.47 Å². The van der Waals surface area contributed by atoms with Gasteiger partial charge in [0.15, 0.2) is 23.1 Å². The highest BCUT2D eigenvalue weighted by molar-refractivity contribution is 5.91. The third kappa shape index (κ3) is 20.6. The summed E-state index contributed by atoms with van der Waals surface area (Å²) in [5.41, 5.74) is 1.89. The molecule has 0 radical (unpaired) electrons. The first kappa shape index (κ1) is 54.4. The van der Waals surface area contributed by atoms with Gasteiger partial charge >= 0.3 is 23.9 Å². The van der Waals surface area contributed by atoms with Gasteiger partial charge in [-0.1, -0.05) is 127 Å². The normalized spacial score (nSPS) is 14.2. The van der Waals surface area contributed by atoms with Crippen molar-refractivity contribution in [3.05, 3.63) is 110 Å². The number of carbonyl (C=O) groups is 4. The maximum atomic E-state index is 13.2. The Hall–Kier alpha value is -6.52. The van der Waals surface area contributed by atoms with Crippen LogP contribution in [0.4, 0.5) is 0 Å². The maximum absolute atomic E-state index is 13.2. The van der Waals surface area contributed by atoms with Crippen molar-refractivity contribution in [2.45, 2.75) is 128 Å². The summed E-state index contributed by atoms with van der Waals surface area (Å²) in [6.07, 6.45) is 26.1. The number of ether oxygens (including phenoxy) is 8. The van der Waals surface area contributed by atoms with E-state index in [0.29, 0.717) is 60.7 Å². The minimum atomic E-state index is -1.28. The SMILES string of the molecule is C=CC(=O)OCCCCCCCCCCCOc1cnc(-c2ccc(C(=O)O[C@H]3OCCO[C@@H]3OC(=O)c3ccc(-c4ncc(OCCCCCCCCCCCOC(=O)C=C)cn4)cc3)cc2)nc1. The van der Waals surface area contributed by atoms with E-state index in [2.05, 4.69) is 33.1 Å². The number of carbonyl (C=O) groups excluding carboxylic acids is 4. The zero-order chi connectivity index (χ0) is 49.4. The van der Waals surface area contributed by atoms with Crippen molar-refractivity contribution >= 4 is 23.9 Å². The molecule has 0 unspecified atom stereocenters. The maximum Gasteiger partial charge on any atom is 0.340 e. The van der Waals surface area contributed by atoms with Crippen LogP contribution in [0.3, 0.4) is 0 Å². The summed E-state index contributed by atoms with van der Waals surface area (Å²) in [5, 5.41) is 0. The van der Waals surface area contributed by atoms with Crippen molar-refractivity contribution in [1.82, 2.24) is 19.9 Å². The monoisotopic (exact) mass is 964 g/mol. The van der Waals surface area contributed by atoms with E-state index in [4.69, 9.17) is 37.9 Å². The van der Waals surface area contributed by atoms with Gasteiger partial charge in [-0.25, -0.2) is 39.1 Å². The Labute approximate surface area is 411 Å². The molecule has 70 heavy (non-hydrogen) atoms. The standard InChI is InChI=1S/C54H68N4O12/c1-3-47(59)65-33-21-17-13-9-5-7-11-15-19-31-63-45-37-55-49(56-38-45)41-23-27-43(28-24-41)51(61)69-53-54(68-36-35-67-53)70-52(62)44-29-25-42(26-30-44)50-57-39-46(40-58-50)64-32-20-16-12-8-6-10-14-18-22-34-66-48(60)4-2/h3-4,23-30,37-40,53-54H,1-2,5-22,31-36H2/t53-,54-/m1/s1. The molecule has 4 aromatic rings. The molecule has 0 spiro atoms. The summed E-state index contributed by atoms with van der Waals surface area (Å²) in [6.45, 7) is 9.16. The lowest BCUT2D eigenvalue weighted by molar-refractivity contribution is -0.288. The summed E-state index contributed by atoms with van der Waals surface area (Å²) in [6, 6.07) is 13.2. The first-order valence-electron chi connectivity index (χ1n) is 24.7. The second kappa shape index (κ2) is 32.3. The van der Waals surface area contributed by atoms with Crippen LogP contribution in [0.5, 0.6) is 11.5 Å². The van der Waals surface area contributed by atoms with E-state index in [1.165, 1.54) is 50.7 Å². The summed E-state index contributed by atoms with van der Waals surface area (Å²) in [5.74, 6) is 0.0232. The molecule has 0 aliphatic carbocycles. The molecule has 0 N–H and O–H groups in total. The smallest absolute Gasteiger partial charge is 0.340 e. The number of nitrogens with zero attached hydrogens (tertiary/aromatic N) is 4. The molecule has 376 valence electrons. The first-order chi connectivity index (χ1) is 34.3. The number of hydrogen-bond donors (Lipinski definition) is 0. The number of unbranched alkanes of at least 4 members (excludes halogenated alkanes) is 16. The fourth-order valence-electron chi connectivity index (χ4n) is 7.33. The van der Waals surface area contributed by atoms with Crippen molar-refractivity contribution in [3.8, 4) is 34.3 Å². The van der Waals surface area contributed by atoms with Gasteiger partial charge in [-0.3, -0.25) is 0 Å². The Morgan fingerprint density at radius 3 is 1.07 bits per heavy atom. The summed E-state index contributed by atoms with van der Waals surface area (Å²) < 4.78 is 44.1. The first-order valence-corrected chi connectivity index (χ1v) is 24.7. The van der Waals surface area contributed by atoms with E-state index < -0.39 is 24.5 Å². The molecule has 5 rings (SSSR count). The second-order valence-electron chi connectivity index (χ2n) is 16.7. The number of esters is 4. The van der Waals surface area contributed by atoms with Gasteiger partial charge in [-0.2, -0.15) is 0 Å². The summed E-state index contributed by atoms with van der Waals surface area (Å²) in [7, 11) is 0. The fraction of sp³-hybridized carbons (Fsp3) is 0.481. The Balaban J connectivity index is 0.941. The number of hydrogen-bond acceptors (Lipinski definition) is 16. The Bertz CT molecular complexity index is 2010. The molecular weight excluding hydrogens is 897 g/mol. The topological polar surface area (TPSA) is 194 Å². The number of rotatable bonds is 34. The van der Waals surface area contributed by atoms with Gasteiger partial charge in [0.1, 0.15) is 0 Å². The average molecular weight is 965 g/mol. The quantitative estimate of drug-likeness (QED) is 0.0185. The predicted octanol–water partition coefficient (Wildman–Crippen LogP) is 10.6. The average Bonchev–Trinajstić information content (AvgIpc) is 3.39. The highest BCUT2D eigenvalue weighted by atomic mass is 16.8. The Morgan fingerprint density at radius 1 is 0.457 bits per heavy atom. The van der Waals surface area contributed by atoms with Crippen LogP contribution in [0.25, 0.3) is 22.8 Å². The molecular formula is C54H68N4O12. The molecule has 0 bridgehead atoms. The second-order valence-corrected chi connectivity index (χ2v) is 16.7. The van der Waals surface area contributed by atoms with E-state index in [9.17, 15) is 19.2 Å². The molecule has 0 saturated carbocycles. The molecule has 16 nitrogen and oxygen atoms in total. The zero-order valence-corrected chi connectivity index (χ0v) is 40.3. The zero-order valence-electron chi connectivity index (χ0n) is 40.3. The van der Waals surface area contributed by atoms with Crippen LogP contribution in [0.2, 0.25) is 0 Å². The Morgan fingerprint density at radius 2 is 0.757 bits per heavy atom. The summed E-state index contributed by atoms with van der Waals surface area (Å²) >= 11 is 0. The minimum Gasteiger partial charge on any atom is -0.490 e. The predicted molar refractivity (Wildman–Crippen MR) is 262 cm³/mol. The lowest BCUT2D eigenvalue weighted by Crippen LogP contribution is -2.44. The van der Waals surface area contributed by atoms with Gasteiger partial charge in [0.05, 0.1) is 75.6 Å².